The highest BCUT2D eigenvalue weighted by molar-refractivity contribution is 7.89. The summed E-state index contributed by atoms with van der Waals surface area (Å²) in [6.45, 7) is 7.71. The van der Waals surface area contributed by atoms with Crippen LogP contribution in [0, 0.1) is 0 Å². The topological polar surface area (TPSA) is 75.3 Å². The maximum atomic E-state index is 12.3. The Morgan fingerprint density at radius 1 is 0.880 bits per heavy atom. The standard InChI is InChI=1S/C19H24N2O3S/c1-13(2)15-5-7-16(8-6-15)19(22)20-17-9-11-18(12-10-17)25(23,24)21-14(3)4/h5-14,21H,1-4H3,(H,20,22). The lowest BCUT2D eigenvalue weighted by Gasteiger charge is -2.11. The highest BCUT2D eigenvalue weighted by Crippen LogP contribution is 2.17. The normalized spacial score (nSPS) is 11.8. The van der Waals surface area contributed by atoms with Crippen LogP contribution in [0.15, 0.2) is 53.4 Å². The van der Waals surface area contributed by atoms with E-state index in [0.29, 0.717) is 17.2 Å². The second kappa shape index (κ2) is 7.80. The van der Waals surface area contributed by atoms with Crippen molar-refractivity contribution in [1.29, 1.82) is 0 Å². The van der Waals surface area contributed by atoms with Crippen molar-refractivity contribution in [1.82, 2.24) is 4.72 Å². The molecule has 0 aliphatic heterocycles. The Morgan fingerprint density at radius 2 is 1.44 bits per heavy atom. The van der Waals surface area contributed by atoms with Crippen molar-refractivity contribution in [3.8, 4) is 0 Å². The fraction of sp³-hybridized carbons (Fsp3) is 0.316. The van der Waals surface area contributed by atoms with Crippen LogP contribution in [0.4, 0.5) is 5.69 Å². The van der Waals surface area contributed by atoms with Crippen LogP contribution in [0.1, 0.15) is 49.5 Å². The van der Waals surface area contributed by atoms with E-state index < -0.39 is 10.0 Å². The molecule has 0 aliphatic rings. The maximum Gasteiger partial charge on any atom is 0.255 e. The molecule has 2 aromatic carbocycles. The summed E-state index contributed by atoms with van der Waals surface area (Å²) in [5, 5.41) is 2.77. The van der Waals surface area contributed by atoms with E-state index in [9.17, 15) is 13.2 Å². The van der Waals surface area contributed by atoms with E-state index in [1.165, 1.54) is 17.7 Å². The van der Waals surface area contributed by atoms with Crippen molar-refractivity contribution < 1.29 is 13.2 Å². The molecule has 5 nitrogen and oxygen atoms in total. The monoisotopic (exact) mass is 360 g/mol. The summed E-state index contributed by atoms with van der Waals surface area (Å²) in [5.41, 5.74) is 2.27. The van der Waals surface area contributed by atoms with E-state index in [2.05, 4.69) is 23.9 Å². The van der Waals surface area contributed by atoms with Gasteiger partial charge in [-0.05, 0) is 61.7 Å². The molecule has 2 rings (SSSR count). The molecule has 134 valence electrons. The Morgan fingerprint density at radius 3 is 1.92 bits per heavy atom. The maximum absolute atomic E-state index is 12.3. The molecule has 0 atom stereocenters. The average Bonchev–Trinajstić information content (AvgIpc) is 2.54. The molecule has 6 heteroatoms. The molecular formula is C19H24N2O3S. The van der Waals surface area contributed by atoms with Gasteiger partial charge in [-0.25, -0.2) is 13.1 Å². The molecule has 2 aromatic rings. The number of amides is 1. The van der Waals surface area contributed by atoms with Gasteiger partial charge in [0, 0.05) is 17.3 Å². The number of benzene rings is 2. The Balaban J connectivity index is 2.09. The minimum Gasteiger partial charge on any atom is -0.322 e. The van der Waals surface area contributed by atoms with Crippen LogP contribution >= 0.6 is 0 Å². The van der Waals surface area contributed by atoms with Gasteiger partial charge in [-0.15, -0.1) is 0 Å². The van der Waals surface area contributed by atoms with Gasteiger partial charge < -0.3 is 5.32 Å². The molecule has 0 radical (unpaired) electrons. The number of nitrogens with one attached hydrogen (secondary N) is 2. The molecule has 0 bridgehead atoms. The minimum absolute atomic E-state index is 0.167. The van der Waals surface area contributed by atoms with Crippen LogP contribution in [0.5, 0.6) is 0 Å². The Labute approximate surface area is 149 Å². The second-order valence-corrected chi connectivity index (χ2v) is 8.25. The highest BCUT2D eigenvalue weighted by atomic mass is 32.2. The summed E-state index contributed by atoms with van der Waals surface area (Å²) in [5.74, 6) is 0.178. The number of sulfonamides is 1. The van der Waals surface area contributed by atoms with Crippen molar-refractivity contribution in [2.24, 2.45) is 0 Å². The second-order valence-electron chi connectivity index (χ2n) is 6.53. The van der Waals surface area contributed by atoms with E-state index in [-0.39, 0.29) is 16.8 Å². The lowest BCUT2D eigenvalue weighted by Crippen LogP contribution is -2.30. The van der Waals surface area contributed by atoms with E-state index >= 15 is 0 Å². The van der Waals surface area contributed by atoms with Gasteiger partial charge >= 0.3 is 0 Å². The zero-order valence-corrected chi connectivity index (χ0v) is 15.7. The smallest absolute Gasteiger partial charge is 0.255 e. The fourth-order valence-electron chi connectivity index (χ4n) is 2.32. The molecule has 2 N–H and O–H groups in total. The number of rotatable bonds is 6. The van der Waals surface area contributed by atoms with Gasteiger partial charge in [-0.1, -0.05) is 26.0 Å². The minimum atomic E-state index is -3.53. The van der Waals surface area contributed by atoms with E-state index in [4.69, 9.17) is 0 Å². The van der Waals surface area contributed by atoms with Crippen LogP contribution < -0.4 is 10.0 Å². The van der Waals surface area contributed by atoms with Gasteiger partial charge in [0.2, 0.25) is 10.0 Å². The molecule has 0 aromatic heterocycles. The number of carbonyl (C=O) groups is 1. The molecule has 0 saturated carbocycles. The zero-order chi connectivity index (χ0) is 18.6. The lowest BCUT2D eigenvalue weighted by molar-refractivity contribution is 0.102. The zero-order valence-electron chi connectivity index (χ0n) is 14.9. The number of carbonyl (C=O) groups excluding carboxylic acids is 1. The number of anilines is 1. The molecule has 0 spiro atoms. The van der Waals surface area contributed by atoms with Gasteiger partial charge in [0.1, 0.15) is 0 Å². The molecular weight excluding hydrogens is 336 g/mol. The van der Waals surface area contributed by atoms with Gasteiger partial charge in [0.15, 0.2) is 0 Å². The van der Waals surface area contributed by atoms with Crippen LogP contribution in [-0.2, 0) is 10.0 Å². The Bertz CT molecular complexity index is 824. The van der Waals surface area contributed by atoms with E-state index in [1.807, 2.05) is 12.1 Å². The summed E-state index contributed by atoms with van der Waals surface area (Å²) in [6.07, 6.45) is 0. The molecule has 0 fully saturated rings. The van der Waals surface area contributed by atoms with Crippen molar-refractivity contribution in [3.63, 3.8) is 0 Å². The van der Waals surface area contributed by atoms with Gasteiger partial charge in [-0.3, -0.25) is 4.79 Å². The largest absolute Gasteiger partial charge is 0.322 e. The third-order valence-corrected chi connectivity index (χ3v) is 5.33. The first kappa shape index (κ1) is 19.1. The summed E-state index contributed by atoms with van der Waals surface area (Å²) >= 11 is 0. The molecule has 0 saturated heterocycles. The van der Waals surface area contributed by atoms with Crippen LogP contribution in [0.2, 0.25) is 0 Å². The van der Waals surface area contributed by atoms with Crippen molar-refractivity contribution >= 4 is 21.6 Å². The van der Waals surface area contributed by atoms with Gasteiger partial charge in [0.25, 0.3) is 5.91 Å². The summed E-state index contributed by atoms with van der Waals surface area (Å²) in [7, 11) is -3.53. The van der Waals surface area contributed by atoms with E-state index in [0.717, 1.165) is 0 Å². The first-order chi connectivity index (χ1) is 11.7. The molecule has 1 amide bonds. The highest BCUT2D eigenvalue weighted by Gasteiger charge is 2.15. The van der Waals surface area contributed by atoms with Crippen molar-refractivity contribution in [2.45, 2.75) is 44.6 Å². The summed E-state index contributed by atoms with van der Waals surface area (Å²) < 4.78 is 26.7. The molecule has 25 heavy (non-hydrogen) atoms. The Hall–Kier alpha value is -2.18. The number of hydrogen-bond acceptors (Lipinski definition) is 3. The van der Waals surface area contributed by atoms with Gasteiger partial charge in [-0.2, -0.15) is 0 Å². The van der Waals surface area contributed by atoms with Crippen molar-refractivity contribution in [2.75, 3.05) is 5.32 Å². The average molecular weight is 360 g/mol. The predicted molar refractivity (Wildman–Crippen MR) is 100 cm³/mol. The SMILES string of the molecule is CC(C)NS(=O)(=O)c1ccc(NC(=O)c2ccc(C(C)C)cc2)cc1. The molecule has 0 unspecified atom stereocenters. The van der Waals surface area contributed by atoms with E-state index in [1.54, 1.807) is 38.1 Å². The fourth-order valence-corrected chi connectivity index (χ4v) is 3.57. The van der Waals surface area contributed by atoms with Crippen molar-refractivity contribution in [3.05, 3.63) is 59.7 Å². The third-order valence-electron chi connectivity index (χ3n) is 3.65. The summed E-state index contributed by atoms with van der Waals surface area (Å²) in [6, 6.07) is 13.4. The number of hydrogen-bond donors (Lipinski definition) is 2. The van der Waals surface area contributed by atoms with Gasteiger partial charge in [0.05, 0.1) is 4.90 Å². The predicted octanol–water partition coefficient (Wildman–Crippen LogP) is 3.75. The first-order valence-electron chi connectivity index (χ1n) is 8.23. The molecule has 0 aliphatic carbocycles. The quantitative estimate of drug-likeness (QED) is 0.824. The first-order valence-corrected chi connectivity index (χ1v) is 9.71. The third kappa shape index (κ3) is 5.14. The lowest BCUT2D eigenvalue weighted by atomic mass is 10.0. The summed E-state index contributed by atoms with van der Waals surface area (Å²) in [4.78, 5) is 12.4. The van der Waals surface area contributed by atoms with Crippen LogP contribution in [0.25, 0.3) is 0 Å². The van der Waals surface area contributed by atoms with Crippen LogP contribution in [-0.4, -0.2) is 20.4 Å². The molecule has 0 heterocycles. The Kier molecular flexibility index (Phi) is 5.98. The van der Waals surface area contributed by atoms with Crippen LogP contribution in [0.3, 0.4) is 0 Å².